The average Bonchev–Trinajstić information content (AvgIpc) is 2.55. The van der Waals surface area contributed by atoms with Crippen LogP contribution < -0.4 is 5.32 Å². The van der Waals surface area contributed by atoms with Gasteiger partial charge in [0.05, 0.1) is 0 Å². The van der Waals surface area contributed by atoms with Crippen molar-refractivity contribution >= 4 is 0 Å². The maximum absolute atomic E-state index is 4.38. The first-order chi connectivity index (χ1) is 10.3. The third-order valence-corrected chi connectivity index (χ3v) is 4.53. The van der Waals surface area contributed by atoms with E-state index in [1.54, 1.807) is 0 Å². The number of nitrogens with zero attached hydrogens (tertiary/aromatic N) is 1. The monoisotopic (exact) mass is 280 g/mol. The van der Waals surface area contributed by atoms with Crippen molar-refractivity contribution in [3.05, 3.63) is 65.5 Å². The minimum Gasteiger partial charge on any atom is -0.309 e. The van der Waals surface area contributed by atoms with E-state index in [0.29, 0.717) is 12.0 Å². The summed E-state index contributed by atoms with van der Waals surface area (Å²) in [4.78, 5) is 4.38. The summed E-state index contributed by atoms with van der Waals surface area (Å²) in [6.45, 7) is 2.95. The summed E-state index contributed by atoms with van der Waals surface area (Å²) in [5, 5.41) is 3.77. The van der Waals surface area contributed by atoms with Crippen molar-refractivity contribution in [2.75, 3.05) is 0 Å². The lowest BCUT2D eigenvalue weighted by Crippen LogP contribution is -2.36. The fourth-order valence-corrected chi connectivity index (χ4v) is 3.33. The Bertz CT molecular complexity index is 548. The molecule has 21 heavy (non-hydrogen) atoms. The Morgan fingerprint density at radius 1 is 1.05 bits per heavy atom. The summed E-state index contributed by atoms with van der Waals surface area (Å²) in [5.74, 6) is 0.651. The number of rotatable bonds is 4. The first kappa shape index (κ1) is 14.3. The Kier molecular flexibility index (Phi) is 4.66. The van der Waals surface area contributed by atoms with Crippen LogP contribution in [-0.4, -0.2) is 11.0 Å². The van der Waals surface area contributed by atoms with E-state index < -0.39 is 0 Å². The molecular formula is C19H24N2. The average molecular weight is 280 g/mol. The van der Waals surface area contributed by atoms with Crippen LogP contribution in [0.2, 0.25) is 0 Å². The van der Waals surface area contributed by atoms with Crippen molar-refractivity contribution in [1.29, 1.82) is 0 Å². The van der Waals surface area contributed by atoms with Gasteiger partial charge in [0.25, 0.3) is 0 Å². The van der Waals surface area contributed by atoms with Gasteiger partial charge in [0, 0.05) is 24.5 Å². The summed E-state index contributed by atoms with van der Waals surface area (Å²) in [6.07, 6.45) is 7.26. The number of hydrogen-bond donors (Lipinski definition) is 1. The highest BCUT2D eigenvalue weighted by Crippen LogP contribution is 2.33. The molecule has 0 amide bonds. The summed E-state index contributed by atoms with van der Waals surface area (Å²) >= 11 is 0. The zero-order valence-electron chi connectivity index (χ0n) is 12.8. The predicted octanol–water partition coefficient (Wildman–Crippen LogP) is 4.21. The molecule has 0 spiro atoms. The van der Waals surface area contributed by atoms with Crippen molar-refractivity contribution in [3.8, 4) is 0 Å². The number of pyridine rings is 1. The summed E-state index contributed by atoms with van der Waals surface area (Å²) < 4.78 is 0. The molecule has 2 atom stereocenters. The lowest BCUT2D eigenvalue weighted by atomic mass is 9.80. The Hall–Kier alpha value is -1.67. The molecule has 1 aromatic heterocycles. The van der Waals surface area contributed by atoms with Crippen molar-refractivity contribution in [1.82, 2.24) is 10.3 Å². The van der Waals surface area contributed by atoms with Crippen LogP contribution >= 0.6 is 0 Å². The molecule has 0 saturated heterocycles. The van der Waals surface area contributed by atoms with Gasteiger partial charge in [-0.3, -0.25) is 4.98 Å². The number of aryl methyl sites for hydroxylation is 1. The van der Waals surface area contributed by atoms with Crippen LogP contribution in [0.1, 0.15) is 48.4 Å². The Morgan fingerprint density at radius 3 is 2.62 bits per heavy atom. The van der Waals surface area contributed by atoms with Gasteiger partial charge < -0.3 is 5.32 Å². The maximum atomic E-state index is 4.38. The zero-order chi connectivity index (χ0) is 14.5. The third kappa shape index (κ3) is 3.70. The van der Waals surface area contributed by atoms with Gasteiger partial charge in [0.1, 0.15) is 0 Å². The predicted molar refractivity (Wildman–Crippen MR) is 87.3 cm³/mol. The minimum absolute atomic E-state index is 0.586. The number of hydrogen-bond acceptors (Lipinski definition) is 2. The topological polar surface area (TPSA) is 24.9 Å². The van der Waals surface area contributed by atoms with Gasteiger partial charge in [-0.1, -0.05) is 49.2 Å². The van der Waals surface area contributed by atoms with E-state index in [1.165, 1.54) is 36.8 Å². The highest BCUT2D eigenvalue weighted by atomic mass is 14.9. The number of nitrogens with one attached hydrogen (secondary N) is 1. The molecule has 1 fully saturated rings. The van der Waals surface area contributed by atoms with Crippen LogP contribution in [0.3, 0.4) is 0 Å². The van der Waals surface area contributed by atoms with Gasteiger partial charge in [-0.15, -0.1) is 0 Å². The summed E-state index contributed by atoms with van der Waals surface area (Å²) in [5.41, 5.74) is 3.84. The van der Waals surface area contributed by atoms with Gasteiger partial charge in [0.2, 0.25) is 0 Å². The number of aromatic nitrogens is 1. The van der Waals surface area contributed by atoms with Crippen molar-refractivity contribution in [2.24, 2.45) is 0 Å². The number of benzene rings is 1. The van der Waals surface area contributed by atoms with E-state index in [0.717, 1.165) is 12.2 Å². The smallest absolute Gasteiger partial charge is 0.0372 e. The molecule has 0 aliphatic heterocycles. The second kappa shape index (κ2) is 6.86. The largest absolute Gasteiger partial charge is 0.309 e. The molecule has 1 saturated carbocycles. The van der Waals surface area contributed by atoms with Crippen LogP contribution in [0, 0.1) is 6.92 Å². The van der Waals surface area contributed by atoms with Crippen LogP contribution in [0.4, 0.5) is 0 Å². The normalized spacial score (nSPS) is 22.1. The second-order valence-corrected chi connectivity index (χ2v) is 6.10. The lowest BCUT2D eigenvalue weighted by molar-refractivity contribution is 0.326. The fraction of sp³-hybridized carbons (Fsp3) is 0.421. The Labute approximate surface area is 127 Å². The molecule has 2 nitrogen and oxygen atoms in total. The molecule has 2 heteroatoms. The fourth-order valence-electron chi connectivity index (χ4n) is 3.33. The first-order valence-electron chi connectivity index (χ1n) is 8.03. The molecule has 1 aromatic carbocycles. The van der Waals surface area contributed by atoms with E-state index in [2.05, 4.69) is 52.8 Å². The SMILES string of the molecule is Cc1ccc(CNC2CCCCC2c2ccccc2)cn1. The molecule has 110 valence electrons. The molecule has 3 rings (SSSR count). The van der Waals surface area contributed by atoms with Crippen molar-refractivity contribution in [2.45, 2.75) is 51.1 Å². The van der Waals surface area contributed by atoms with E-state index >= 15 is 0 Å². The molecule has 1 heterocycles. The van der Waals surface area contributed by atoms with Crippen molar-refractivity contribution in [3.63, 3.8) is 0 Å². The van der Waals surface area contributed by atoms with Crippen LogP contribution in [0.5, 0.6) is 0 Å². The molecule has 1 N–H and O–H groups in total. The molecule has 2 unspecified atom stereocenters. The highest BCUT2D eigenvalue weighted by molar-refractivity contribution is 5.22. The maximum Gasteiger partial charge on any atom is 0.0372 e. The van der Waals surface area contributed by atoms with Gasteiger partial charge in [-0.25, -0.2) is 0 Å². The standard InChI is InChI=1S/C19H24N2/c1-15-11-12-16(13-20-15)14-21-19-10-6-5-9-18(19)17-7-3-2-4-8-17/h2-4,7-8,11-13,18-19,21H,5-6,9-10,14H2,1H3. The quantitative estimate of drug-likeness (QED) is 0.907. The van der Waals surface area contributed by atoms with Gasteiger partial charge in [-0.05, 0) is 42.9 Å². The van der Waals surface area contributed by atoms with E-state index in [9.17, 15) is 0 Å². The Balaban J connectivity index is 1.66. The van der Waals surface area contributed by atoms with Crippen molar-refractivity contribution < 1.29 is 0 Å². The van der Waals surface area contributed by atoms with E-state index in [1.807, 2.05) is 13.1 Å². The lowest BCUT2D eigenvalue weighted by Gasteiger charge is -2.33. The summed E-state index contributed by atoms with van der Waals surface area (Å²) in [6, 6.07) is 15.8. The van der Waals surface area contributed by atoms with E-state index in [-0.39, 0.29) is 0 Å². The van der Waals surface area contributed by atoms with Gasteiger partial charge in [0.15, 0.2) is 0 Å². The first-order valence-corrected chi connectivity index (χ1v) is 8.03. The van der Waals surface area contributed by atoms with Crippen LogP contribution in [0.25, 0.3) is 0 Å². The van der Waals surface area contributed by atoms with Crippen LogP contribution in [0.15, 0.2) is 48.7 Å². The van der Waals surface area contributed by atoms with Gasteiger partial charge in [-0.2, -0.15) is 0 Å². The van der Waals surface area contributed by atoms with Crippen LogP contribution in [-0.2, 0) is 6.54 Å². The Morgan fingerprint density at radius 2 is 1.86 bits per heavy atom. The molecule has 2 aromatic rings. The molecule has 1 aliphatic rings. The molecule has 1 aliphatic carbocycles. The molecule has 0 radical (unpaired) electrons. The molecule has 0 bridgehead atoms. The summed E-state index contributed by atoms with van der Waals surface area (Å²) in [7, 11) is 0. The van der Waals surface area contributed by atoms with E-state index in [4.69, 9.17) is 0 Å². The zero-order valence-corrected chi connectivity index (χ0v) is 12.8. The highest BCUT2D eigenvalue weighted by Gasteiger charge is 2.25. The van der Waals surface area contributed by atoms with Gasteiger partial charge >= 0.3 is 0 Å². The molecular weight excluding hydrogens is 256 g/mol. The second-order valence-electron chi connectivity index (χ2n) is 6.10. The third-order valence-electron chi connectivity index (χ3n) is 4.53. The minimum atomic E-state index is 0.586.